The summed E-state index contributed by atoms with van der Waals surface area (Å²) < 4.78 is 26.7. The maximum absolute atomic E-state index is 12.1. The van der Waals surface area contributed by atoms with Crippen molar-refractivity contribution >= 4 is 21.4 Å². The average Bonchev–Trinajstić information content (AvgIpc) is 2.82. The highest BCUT2D eigenvalue weighted by molar-refractivity contribution is 7.89. The summed E-state index contributed by atoms with van der Waals surface area (Å²) in [5, 5.41) is 2.81. The van der Waals surface area contributed by atoms with Crippen molar-refractivity contribution in [1.82, 2.24) is 9.71 Å². The van der Waals surface area contributed by atoms with Crippen LogP contribution in [0.5, 0.6) is 0 Å². The van der Waals surface area contributed by atoms with Gasteiger partial charge in [0.2, 0.25) is 10.0 Å². The number of thiazole rings is 1. The number of rotatable bonds is 5. The fraction of sp³-hybridized carbons (Fsp3) is 0.250. The minimum absolute atomic E-state index is 0.337. The Kier molecular flexibility index (Phi) is 4.11. The molecule has 4 nitrogen and oxygen atoms in total. The molecule has 6 heteroatoms. The van der Waals surface area contributed by atoms with Crippen LogP contribution in [0.2, 0.25) is 0 Å². The molecule has 0 bridgehead atoms. The number of sulfonamides is 1. The summed E-state index contributed by atoms with van der Waals surface area (Å²) in [6.45, 7) is 2.15. The van der Waals surface area contributed by atoms with E-state index >= 15 is 0 Å². The summed E-state index contributed by atoms with van der Waals surface area (Å²) in [5.74, 6) is 0. The minimum Gasteiger partial charge on any atom is -0.250 e. The molecule has 0 aliphatic carbocycles. The van der Waals surface area contributed by atoms with Crippen molar-refractivity contribution in [1.29, 1.82) is 0 Å². The quantitative estimate of drug-likeness (QED) is 0.912. The van der Waals surface area contributed by atoms with Gasteiger partial charge in [-0.2, -0.15) is 0 Å². The monoisotopic (exact) mass is 282 g/mol. The Morgan fingerprint density at radius 3 is 2.78 bits per heavy atom. The molecule has 1 aromatic heterocycles. The number of aryl methyl sites for hydroxylation is 1. The average molecular weight is 282 g/mol. The second-order valence-corrected chi connectivity index (χ2v) is 6.55. The van der Waals surface area contributed by atoms with Gasteiger partial charge in [-0.3, -0.25) is 0 Å². The predicted molar refractivity (Wildman–Crippen MR) is 72.2 cm³/mol. The molecule has 1 aromatic carbocycles. The Labute approximate surface area is 111 Å². The Morgan fingerprint density at radius 2 is 2.11 bits per heavy atom. The van der Waals surface area contributed by atoms with Gasteiger partial charge in [0.05, 0.1) is 9.90 Å². The van der Waals surface area contributed by atoms with E-state index in [1.807, 2.05) is 11.4 Å². The van der Waals surface area contributed by atoms with Gasteiger partial charge in [-0.25, -0.2) is 18.1 Å². The van der Waals surface area contributed by atoms with Crippen LogP contribution in [-0.4, -0.2) is 19.9 Å². The Bertz CT molecular complexity index is 607. The summed E-state index contributed by atoms with van der Waals surface area (Å²) in [5.41, 5.74) is 0.749. The van der Waals surface area contributed by atoms with Gasteiger partial charge in [0.15, 0.2) is 0 Å². The number of aromatic nitrogens is 1. The summed E-state index contributed by atoms with van der Waals surface area (Å²) in [4.78, 5) is 4.45. The highest BCUT2D eigenvalue weighted by Gasteiger charge is 2.15. The first kappa shape index (κ1) is 13.2. The molecule has 0 saturated heterocycles. The van der Waals surface area contributed by atoms with Crippen molar-refractivity contribution < 1.29 is 8.42 Å². The number of hydrogen-bond donors (Lipinski definition) is 1. The zero-order chi connectivity index (χ0) is 13.0. The normalized spacial score (nSPS) is 11.6. The Morgan fingerprint density at radius 1 is 1.33 bits per heavy atom. The first-order valence-corrected chi connectivity index (χ1v) is 7.89. The molecule has 0 spiro atoms. The van der Waals surface area contributed by atoms with Crippen molar-refractivity contribution in [3.8, 4) is 0 Å². The van der Waals surface area contributed by atoms with Gasteiger partial charge >= 0.3 is 0 Å². The summed E-state index contributed by atoms with van der Waals surface area (Å²) in [6.07, 6.45) is 2.33. The van der Waals surface area contributed by atoms with Gasteiger partial charge in [0.25, 0.3) is 0 Å². The molecule has 0 saturated carbocycles. The lowest BCUT2D eigenvalue weighted by molar-refractivity contribution is 0.581. The van der Waals surface area contributed by atoms with Gasteiger partial charge in [-0.05, 0) is 18.6 Å². The third-order valence-electron chi connectivity index (χ3n) is 2.50. The molecule has 0 radical (unpaired) electrons. The summed E-state index contributed by atoms with van der Waals surface area (Å²) >= 11 is 1.53. The molecule has 1 heterocycles. The SMILES string of the molecule is Cc1ccccc1S(=O)(=O)NCCc1nccs1. The van der Waals surface area contributed by atoms with Crippen LogP contribution in [0.3, 0.4) is 0 Å². The number of benzene rings is 1. The van der Waals surface area contributed by atoms with Gasteiger partial charge in [-0.15, -0.1) is 11.3 Å². The van der Waals surface area contributed by atoms with Crippen molar-refractivity contribution in [3.05, 3.63) is 46.4 Å². The van der Waals surface area contributed by atoms with E-state index in [9.17, 15) is 8.42 Å². The molecule has 2 rings (SSSR count). The van der Waals surface area contributed by atoms with Crippen molar-refractivity contribution in [2.24, 2.45) is 0 Å². The van der Waals surface area contributed by atoms with E-state index in [1.54, 1.807) is 31.3 Å². The molecular weight excluding hydrogens is 268 g/mol. The van der Waals surface area contributed by atoms with E-state index in [0.717, 1.165) is 10.6 Å². The summed E-state index contributed by atoms with van der Waals surface area (Å²) in [7, 11) is -3.42. The van der Waals surface area contributed by atoms with E-state index in [0.29, 0.717) is 17.9 Å². The third kappa shape index (κ3) is 3.16. The van der Waals surface area contributed by atoms with Crippen LogP contribution >= 0.6 is 11.3 Å². The van der Waals surface area contributed by atoms with Crippen LogP contribution in [0.15, 0.2) is 40.7 Å². The molecule has 1 N–H and O–H groups in total. The fourth-order valence-electron chi connectivity index (χ4n) is 1.60. The highest BCUT2D eigenvalue weighted by Crippen LogP contribution is 2.13. The lowest BCUT2D eigenvalue weighted by atomic mass is 10.2. The number of hydrogen-bond acceptors (Lipinski definition) is 4. The van der Waals surface area contributed by atoms with Gasteiger partial charge in [0.1, 0.15) is 0 Å². The van der Waals surface area contributed by atoms with Gasteiger partial charge in [-0.1, -0.05) is 18.2 Å². The maximum atomic E-state index is 12.1. The molecule has 0 aliphatic rings. The lowest BCUT2D eigenvalue weighted by Crippen LogP contribution is -2.26. The Balaban J connectivity index is 2.02. The molecule has 0 fully saturated rings. The van der Waals surface area contributed by atoms with Crippen LogP contribution in [0.25, 0.3) is 0 Å². The van der Waals surface area contributed by atoms with E-state index < -0.39 is 10.0 Å². The molecule has 18 heavy (non-hydrogen) atoms. The third-order valence-corrected chi connectivity index (χ3v) is 4.96. The molecule has 96 valence electrons. The van der Waals surface area contributed by atoms with E-state index in [1.165, 1.54) is 11.3 Å². The smallest absolute Gasteiger partial charge is 0.240 e. The number of nitrogens with zero attached hydrogens (tertiary/aromatic N) is 1. The van der Waals surface area contributed by atoms with Crippen LogP contribution < -0.4 is 4.72 Å². The largest absolute Gasteiger partial charge is 0.250 e. The minimum atomic E-state index is -3.42. The molecular formula is C12H14N2O2S2. The molecule has 0 atom stereocenters. The van der Waals surface area contributed by atoms with Crippen molar-refractivity contribution in [3.63, 3.8) is 0 Å². The molecule has 0 unspecified atom stereocenters. The highest BCUT2D eigenvalue weighted by atomic mass is 32.2. The second kappa shape index (κ2) is 5.60. The van der Waals surface area contributed by atoms with Gasteiger partial charge < -0.3 is 0 Å². The zero-order valence-corrected chi connectivity index (χ0v) is 11.6. The van der Waals surface area contributed by atoms with Crippen LogP contribution in [0.1, 0.15) is 10.6 Å². The Hall–Kier alpha value is -1.24. The van der Waals surface area contributed by atoms with Crippen LogP contribution in [0.4, 0.5) is 0 Å². The van der Waals surface area contributed by atoms with Crippen molar-refractivity contribution in [2.45, 2.75) is 18.2 Å². The second-order valence-electron chi connectivity index (χ2n) is 3.84. The van der Waals surface area contributed by atoms with E-state index in [4.69, 9.17) is 0 Å². The summed E-state index contributed by atoms with van der Waals surface area (Å²) in [6, 6.07) is 6.95. The van der Waals surface area contributed by atoms with E-state index in [2.05, 4.69) is 9.71 Å². The molecule has 0 aliphatic heterocycles. The first-order chi connectivity index (χ1) is 8.59. The molecule has 0 amide bonds. The maximum Gasteiger partial charge on any atom is 0.240 e. The fourth-order valence-corrected chi connectivity index (χ4v) is 3.50. The first-order valence-electron chi connectivity index (χ1n) is 5.53. The van der Waals surface area contributed by atoms with Gasteiger partial charge in [0, 0.05) is 24.5 Å². The number of nitrogens with one attached hydrogen (secondary N) is 1. The standard InChI is InChI=1S/C12H14N2O2S2/c1-10-4-2-3-5-11(10)18(15,16)14-7-6-12-13-8-9-17-12/h2-5,8-9,14H,6-7H2,1H3. The lowest BCUT2D eigenvalue weighted by Gasteiger charge is -2.08. The topological polar surface area (TPSA) is 59.1 Å². The van der Waals surface area contributed by atoms with Crippen molar-refractivity contribution in [2.75, 3.05) is 6.54 Å². The molecule has 2 aromatic rings. The van der Waals surface area contributed by atoms with Crippen LogP contribution in [-0.2, 0) is 16.4 Å². The zero-order valence-electron chi connectivity index (χ0n) is 9.96. The van der Waals surface area contributed by atoms with E-state index in [-0.39, 0.29) is 0 Å². The van der Waals surface area contributed by atoms with Crippen LogP contribution in [0, 0.1) is 6.92 Å². The predicted octanol–water partition coefficient (Wildman–Crippen LogP) is 1.97.